The number of rotatable bonds is 7. The molecule has 2 aromatic carbocycles. The smallest absolute Gasteiger partial charge is 0.240 e. The summed E-state index contributed by atoms with van der Waals surface area (Å²) in [6.45, 7) is 3.97. The topological polar surface area (TPSA) is 75.3 Å². The second-order valence-corrected chi connectivity index (χ2v) is 8.00. The van der Waals surface area contributed by atoms with E-state index >= 15 is 0 Å². The lowest BCUT2D eigenvalue weighted by molar-refractivity contribution is -0.121. The average Bonchev–Trinajstić information content (AvgIpc) is 2.55. The van der Waals surface area contributed by atoms with Crippen LogP contribution in [-0.2, 0) is 21.4 Å². The molecule has 2 N–H and O–H groups in total. The quantitative estimate of drug-likeness (QED) is 0.775. The summed E-state index contributed by atoms with van der Waals surface area (Å²) in [5.41, 5.74) is 2.42. The fourth-order valence-electron chi connectivity index (χ4n) is 2.31. The van der Waals surface area contributed by atoms with Crippen molar-refractivity contribution >= 4 is 27.5 Å². The van der Waals surface area contributed by atoms with E-state index in [0.29, 0.717) is 17.1 Å². The van der Waals surface area contributed by atoms with Crippen LogP contribution in [0.5, 0.6) is 0 Å². The summed E-state index contributed by atoms with van der Waals surface area (Å²) in [6.07, 6.45) is 0.0602. The maximum absolute atomic E-state index is 12.3. The molecule has 0 aromatic heterocycles. The summed E-state index contributed by atoms with van der Waals surface area (Å²) in [7, 11) is -3.63. The van der Waals surface area contributed by atoms with Crippen molar-refractivity contribution in [3.05, 3.63) is 64.2 Å². The highest BCUT2D eigenvalue weighted by molar-refractivity contribution is 7.89. The summed E-state index contributed by atoms with van der Waals surface area (Å²) in [4.78, 5) is 12.1. The van der Waals surface area contributed by atoms with Crippen molar-refractivity contribution < 1.29 is 13.2 Å². The van der Waals surface area contributed by atoms with Gasteiger partial charge in [0.05, 0.1) is 4.90 Å². The maximum atomic E-state index is 12.3. The molecule has 0 saturated heterocycles. The second-order valence-electron chi connectivity index (χ2n) is 5.82. The number of aryl methyl sites for hydroxylation is 2. The first kappa shape index (κ1) is 19.4. The Morgan fingerprint density at radius 1 is 1.12 bits per heavy atom. The highest BCUT2D eigenvalue weighted by Crippen LogP contribution is 2.16. The summed E-state index contributed by atoms with van der Waals surface area (Å²) in [5.74, 6) is -0.233. The minimum Gasteiger partial charge on any atom is -0.352 e. The predicted octanol–water partition coefficient (Wildman–Crippen LogP) is 2.94. The van der Waals surface area contributed by atoms with E-state index in [0.717, 1.165) is 11.1 Å². The molecule has 0 aliphatic rings. The molecule has 2 aromatic rings. The minimum absolute atomic E-state index is 0.0388. The van der Waals surface area contributed by atoms with Crippen molar-refractivity contribution in [1.82, 2.24) is 10.0 Å². The molecule has 25 heavy (non-hydrogen) atoms. The molecule has 0 atom stereocenters. The number of halogens is 1. The lowest BCUT2D eigenvalue weighted by Gasteiger charge is -2.10. The van der Waals surface area contributed by atoms with Crippen LogP contribution in [0.15, 0.2) is 47.4 Å². The molecule has 0 saturated carbocycles. The number of sulfonamides is 1. The first-order valence-electron chi connectivity index (χ1n) is 7.86. The molecule has 0 spiro atoms. The van der Waals surface area contributed by atoms with Gasteiger partial charge in [-0.1, -0.05) is 35.9 Å². The number of benzene rings is 2. The molecule has 0 bridgehead atoms. The van der Waals surface area contributed by atoms with Crippen molar-refractivity contribution in [3.63, 3.8) is 0 Å². The van der Waals surface area contributed by atoms with Gasteiger partial charge in [-0.05, 0) is 48.7 Å². The van der Waals surface area contributed by atoms with Gasteiger partial charge >= 0.3 is 0 Å². The van der Waals surface area contributed by atoms with Crippen LogP contribution in [0.4, 0.5) is 0 Å². The minimum atomic E-state index is -3.63. The molecular weight excluding hydrogens is 360 g/mol. The van der Waals surface area contributed by atoms with Gasteiger partial charge in [0.15, 0.2) is 0 Å². The Morgan fingerprint density at radius 2 is 1.88 bits per heavy atom. The Kier molecular flexibility index (Phi) is 6.58. The number of nitrogens with one attached hydrogen (secondary N) is 2. The van der Waals surface area contributed by atoms with Crippen molar-refractivity contribution in [3.8, 4) is 0 Å². The first-order valence-corrected chi connectivity index (χ1v) is 9.72. The Hall–Kier alpha value is -1.89. The number of carbonyl (C=O) groups is 1. The highest BCUT2D eigenvalue weighted by Gasteiger charge is 2.16. The fourth-order valence-corrected chi connectivity index (χ4v) is 3.88. The van der Waals surface area contributed by atoms with E-state index in [1.807, 2.05) is 25.1 Å². The molecule has 2 rings (SSSR count). The summed E-state index contributed by atoms with van der Waals surface area (Å²) in [5, 5.41) is 3.34. The number of carbonyl (C=O) groups excluding carboxylic acids is 1. The van der Waals surface area contributed by atoms with Gasteiger partial charge in [0.1, 0.15) is 0 Å². The molecule has 0 aliphatic carbocycles. The van der Waals surface area contributed by atoms with E-state index in [-0.39, 0.29) is 23.8 Å². The Morgan fingerprint density at radius 3 is 2.60 bits per heavy atom. The van der Waals surface area contributed by atoms with Crippen molar-refractivity contribution in [2.75, 3.05) is 6.54 Å². The third-order valence-corrected chi connectivity index (χ3v) is 5.49. The molecule has 0 unspecified atom stereocenters. The van der Waals surface area contributed by atoms with Gasteiger partial charge in [0, 0.05) is 24.5 Å². The van der Waals surface area contributed by atoms with Gasteiger partial charge in [0.2, 0.25) is 15.9 Å². The van der Waals surface area contributed by atoms with Gasteiger partial charge in [-0.15, -0.1) is 0 Å². The van der Waals surface area contributed by atoms with Crippen molar-refractivity contribution in [2.45, 2.75) is 31.7 Å². The monoisotopic (exact) mass is 380 g/mol. The molecule has 1 amide bonds. The molecule has 134 valence electrons. The zero-order valence-corrected chi connectivity index (χ0v) is 15.7. The largest absolute Gasteiger partial charge is 0.352 e. The van der Waals surface area contributed by atoms with E-state index in [9.17, 15) is 13.2 Å². The van der Waals surface area contributed by atoms with Crippen LogP contribution >= 0.6 is 11.6 Å². The Balaban J connectivity index is 1.85. The molecule has 0 heterocycles. The second kappa shape index (κ2) is 8.47. The number of hydrogen-bond donors (Lipinski definition) is 2. The lowest BCUT2D eigenvalue weighted by atomic mass is 10.2. The van der Waals surface area contributed by atoms with Crippen LogP contribution in [0.1, 0.15) is 23.1 Å². The predicted molar refractivity (Wildman–Crippen MR) is 99.0 cm³/mol. The number of hydrogen-bond acceptors (Lipinski definition) is 3. The van der Waals surface area contributed by atoms with Gasteiger partial charge < -0.3 is 5.32 Å². The number of amides is 1. The highest BCUT2D eigenvalue weighted by atomic mass is 35.5. The Labute approximate surface area is 153 Å². The summed E-state index contributed by atoms with van der Waals surface area (Å²) >= 11 is 5.89. The summed E-state index contributed by atoms with van der Waals surface area (Å²) in [6, 6.07) is 12.4. The van der Waals surface area contributed by atoms with Crippen LogP contribution in [0, 0.1) is 13.8 Å². The van der Waals surface area contributed by atoms with Gasteiger partial charge in [-0.25, -0.2) is 13.1 Å². The molecule has 0 fully saturated rings. The maximum Gasteiger partial charge on any atom is 0.240 e. The van der Waals surface area contributed by atoms with Crippen molar-refractivity contribution in [1.29, 1.82) is 0 Å². The standard InChI is InChI=1S/C18H21ClN2O3S/c1-13-6-7-14(2)17(10-13)25(23,24)21-9-8-18(22)20-12-15-4-3-5-16(19)11-15/h3-7,10-11,21H,8-9,12H2,1-2H3,(H,20,22). The van der Waals surface area contributed by atoms with E-state index in [4.69, 9.17) is 11.6 Å². The Bertz CT molecular complexity index is 866. The van der Waals surface area contributed by atoms with E-state index in [2.05, 4.69) is 10.0 Å². The molecular formula is C18H21ClN2O3S. The third kappa shape index (κ3) is 5.85. The van der Waals surface area contributed by atoms with E-state index in [1.54, 1.807) is 31.2 Å². The SMILES string of the molecule is Cc1ccc(C)c(S(=O)(=O)NCCC(=O)NCc2cccc(Cl)c2)c1. The lowest BCUT2D eigenvalue weighted by Crippen LogP contribution is -2.31. The fraction of sp³-hybridized carbons (Fsp3) is 0.278. The molecule has 7 heteroatoms. The zero-order chi connectivity index (χ0) is 18.4. The molecule has 0 radical (unpaired) electrons. The normalized spacial score (nSPS) is 11.3. The molecule has 5 nitrogen and oxygen atoms in total. The third-order valence-electron chi connectivity index (χ3n) is 3.66. The van der Waals surface area contributed by atoms with Crippen LogP contribution < -0.4 is 10.0 Å². The van der Waals surface area contributed by atoms with Crippen LogP contribution in [-0.4, -0.2) is 20.9 Å². The zero-order valence-electron chi connectivity index (χ0n) is 14.2. The first-order chi connectivity index (χ1) is 11.8. The summed E-state index contributed by atoms with van der Waals surface area (Å²) < 4.78 is 27.2. The van der Waals surface area contributed by atoms with Crippen LogP contribution in [0.3, 0.4) is 0 Å². The van der Waals surface area contributed by atoms with E-state index in [1.165, 1.54) is 0 Å². The van der Waals surface area contributed by atoms with Gasteiger partial charge in [-0.2, -0.15) is 0 Å². The molecule has 0 aliphatic heterocycles. The van der Waals surface area contributed by atoms with Crippen LogP contribution in [0.2, 0.25) is 5.02 Å². The van der Waals surface area contributed by atoms with Crippen molar-refractivity contribution in [2.24, 2.45) is 0 Å². The van der Waals surface area contributed by atoms with Crippen LogP contribution in [0.25, 0.3) is 0 Å². The average molecular weight is 381 g/mol. The van der Waals surface area contributed by atoms with Gasteiger partial charge in [-0.3, -0.25) is 4.79 Å². The van der Waals surface area contributed by atoms with Gasteiger partial charge in [0.25, 0.3) is 0 Å². The van der Waals surface area contributed by atoms with E-state index < -0.39 is 10.0 Å².